The fourth-order valence-electron chi connectivity index (χ4n) is 2.57. The van der Waals surface area contributed by atoms with Gasteiger partial charge in [-0.25, -0.2) is 0 Å². The Bertz CT molecular complexity index is 765. The molecule has 0 fully saturated rings. The lowest BCUT2D eigenvalue weighted by Crippen LogP contribution is -2.12. The highest BCUT2D eigenvalue weighted by Crippen LogP contribution is 2.42. The normalized spacial score (nSPS) is 13.9. The molecule has 1 unspecified atom stereocenters. The summed E-state index contributed by atoms with van der Waals surface area (Å²) in [7, 11) is -4.07. The lowest BCUT2D eigenvalue weighted by molar-refractivity contribution is 0.355. The number of fused-ring (bicyclic) bond motifs is 3. The molecule has 0 bridgehead atoms. The monoisotopic (exact) mass is 289 g/mol. The topological polar surface area (TPSA) is 62.5 Å². The zero-order chi connectivity index (χ0) is 14.3. The quantitative estimate of drug-likeness (QED) is 0.727. The lowest BCUT2D eigenvalue weighted by atomic mass is 10.2. The van der Waals surface area contributed by atoms with Crippen LogP contribution in [0, 0.1) is 0 Å². The molecule has 2 N–H and O–H groups in total. The van der Waals surface area contributed by atoms with Gasteiger partial charge in [-0.15, -0.1) is 0 Å². The summed E-state index contributed by atoms with van der Waals surface area (Å²) >= 11 is 0. The molecule has 20 heavy (non-hydrogen) atoms. The summed E-state index contributed by atoms with van der Waals surface area (Å²) in [4.78, 5) is 18.7. The summed E-state index contributed by atoms with van der Waals surface area (Å²) in [6.07, 6.45) is 0. The third-order valence-corrected chi connectivity index (χ3v) is 5.01. The zero-order valence-corrected chi connectivity index (χ0v) is 12.0. The van der Waals surface area contributed by atoms with Crippen LogP contribution in [0.4, 0.5) is 0 Å². The van der Waals surface area contributed by atoms with Crippen LogP contribution >= 0.6 is 7.60 Å². The number of hydrogen-bond donors (Lipinski definition) is 2. The van der Waals surface area contributed by atoms with Gasteiger partial charge in [0.1, 0.15) is 0 Å². The standard InChI is InChI=1S/C15H16NO3P/c1-11(20(17,18)19)10-16-14-8-4-2-6-12(14)13-7-3-5-9-15(13)16/h2-9,11H,10H2,1H3,(H2,17,18,19). The first-order valence-corrected chi connectivity index (χ1v) is 8.18. The van der Waals surface area contributed by atoms with Crippen LogP contribution in [0.5, 0.6) is 0 Å². The maximum Gasteiger partial charge on any atom is 0.330 e. The Morgan fingerprint density at radius 3 is 1.90 bits per heavy atom. The fraction of sp³-hybridized carbons (Fsp3) is 0.200. The highest BCUT2D eigenvalue weighted by molar-refractivity contribution is 7.52. The van der Waals surface area contributed by atoms with E-state index in [0.717, 1.165) is 21.8 Å². The maximum absolute atomic E-state index is 11.4. The van der Waals surface area contributed by atoms with Crippen molar-refractivity contribution in [3.8, 4) is 0 Å². The summed E-state index contributed by atoms with van der Waals surface area (Å²) in [5, 5.41) is 2.22. The molecule has 5 heteroatoms. The first kappa shape index (κ1) is 13.4. The van der Waals surface area contributed by atoms with Gasteiger partial charge in [-0.3, -0.25) is 4.57 Å². The van der Waals surface area contributed by atoms with Gasteiger partial charge in [0.25, 0.3) is 0 Å². The minimum Gasteiger partial charge on any atom is -0.340 e. The Morgan fingerprint density at radius 1 is 1.00 bits per heavy atom. The van der Waals surface area contributed by atoms with Crippen LogP contribution < -0.4 is 0 Å². The van der Waals surface area contributed by atoms with E-state index in [9.17, 15) is 14.4 Å². The van der Waals surface area contributed by atoms with Crippen LogP contribution in [0.1, 0.15) is 6.92 Å². The average Bonchev–Trinajstić information content (AvgIpc) is 2.73. The molecule has 0 amide bonds. The van der Waals surface area contributed by atoms with Gasteiger partial charge in [0.2, 0.25) is 0 Å². The molecular weight excluding hydrogens is 273 g/mol. The third-order valence-electron chi connectivity index (χ3n) is 3.70. The number of hydrogen-bond acceptors (Lipinski definition) is 1. The summed E-state index contributed by atoms with van der Waals surface area (Å²) < 4.78 is 13.4. The summed E-state index contributed by atoms with van der Waals surface area (Å²) in [6, 6.07) is 15.9. The third kappa shape index (κ3) is 2.16. The molecule has 0 radical (unpaired) electrons. The summed E-state index contributed by atoms with van der Waals surface area (Å²) in [5.41, 5.74) is 1.31. The van der Waals surface area contributed by atoms with Crippen LogP contribution in [0.2, 0.25) is 0 Å². The molecule has 1 heterocycles. The van der Waals surface area contributed by atoms with Gasteiger partial charge in [-0.2, -0.15) is 0 Å². The maximum atomic E-state index is 11.4. The molecule has 0 saturated heterocycles. The molecule has 0 saturated carbocycles. The van der Waals surface area contributed by atoms with Crippen LogP contribution in [-0.2, 0) is 11.1 Å². The molecule has 0 aliphatic heterocycles. The Morgan fingerprint density at radius 2 is 1.45 bits per heavy atom. The van der Waals surface area contributed by atoms with E-state index in [1.54, 1.807) is 6.92 Å². The molecule has 104 valence electrons. The molecule has 1 aromatic heterocycles. The van der Waals surface area contributed by atoms with Gasteiger partial charge >= 0.3 is 7.60 Å². The Kier molecular flexibility index (Phi) is 3.17. The second-order valence-electron chi connectivity index (χ2n) is 5.08. The number of para-hydroxylation sites is 2. The average molecular weight is 289 g/mol. The van der Waals surface area contributed by atoms with Gasteiger partial charge < -0.3 is 14.4 Å². The van der Waals surface area contributed by atoms with E-state index in [-0.39, 0.29) is 0 Å². The SMILES string of the molecule is CC(Cn1c2ccccc2c2ccccc21)P(=O)(O)O. The van der Waals surface area contributed by atoms with Crippen LogP contribution in [0.15, 0.2) is 48.5 Å². The van der Waals surface area contributed by atoms with Crippen molar-refractivity contribution in [2.45, 2.75) is 19.1 Å². The number of aromatic nitrogens is 1. The zero-order valence-electron chi connectivity index (χ0n) is 11.1. The van der Waals surface area contributed by atoms with Crippen molar-refractivity contribution in [3.05, 3.63) is 48.5 Å². The first-order valence-electron chi connectivity index (χ1n) is 6.49. The lowest BCUT2D eigenvalue weighted by Gasteiger charge is -2.16. The Balaban J connectivity index is 2.24. The van der Waals surface area contributed by atoms with E-state index in [0.29, 0.717) is 6.54 Å². The smallest absolute Gasteiger partial charge is 0.330 e. The second-order valence-corrected chi connectivity index (χ2v) is 7.14. The van der Waals surface area contributed by atoms with E-state index in [2.05, 4.69) is 0 Å². The van der Waals surface area contributed by atoms with Crippen molar-refractivity contribution >= 4 is 29.4 Å². The van der Waals surface area contributed by atoms with Crippen molar-refractivity contribution in [2.75, 3.05) is 0 Å². The van der Waals surface area contributed by atoms with E-state index >= 15 is 0 Å². The first-order chi connectivity index (χ1) is 9.48. The van der Waals surface area contributed by atoms with Gasteiger partial charge in [0, 0.05) is 28.4 Å². The van der Waals surface area contributed by atoms with Crippen molar-refractivity contribution in [1.29, 1.82) is 0 Å². The Labute approximate surface area is 116 Å². The van der Waals surface area contributed by atoms with Crippen molar-refractivity contribution < 1.29 is 14.4 Å². The van der Waals surface area contributed by atoms with Crippen LogP contribution in [-0.4, -0.2) is 20.0 Å². The van der Waals surface area contributed by atoms with E-state index in [1.165, 1.54) is 0 Å². The molecule has 0 aliphatic rings. The Hall–Kier alpha value is -1.61. The van der Waals surface area contributed by atoms with Gasteiger partial charge in [-0.1, -0.05) is 36.4 Å². The highest BCUT2D eigenvalue weighted by Gasteiger charge is 2.25. The molecule has 3 aromatic rings. The van der Waals surface area contributed by atoms with Gasteiger partial charge in [-0.05, 0) is 19.1 Å². The van der Waals surface area contributed by atoms with Gasteiger partial charge in [0.05, 0.1) is 5.66 Å². The molecule has 2 aromatic carbocycles. The molecule has 1 atom stereocenters. The summed E-state index contributed by atoms with van der Waals surface area (Å²) in [6.45, 7) is 1.89. The molecule has 3 rings (SSSR count). The minimum atomic E-state index is -4.07. The number of benzene rings is 2. The number of nitrogens with zero attached hydrogens (tertiary/aromatic N) is 1. The van der Waals surface area contributed by atoms with E-state index < -0.39 is 13.3 Å². The number of rotatable bonds is 3. The van der Waals surface area contributed by atoms with Crippen molar-refractivity contribution in [2.24, 2.45) is 0 Å². The van der Waals surface area contributed by atoms with Crippen molar-refractivity contribution in [1.82, 2.24) is 4.57 Å². The van der Waals surface area contributed by atoms with E-state index in [1.807, 2.05) is 53.1 Å². The summed E-state index contributed by atoms with van der Waals surface area (Å²) in [5.74, 6) is 0. The largest absolute Gasteiger partial charge is 0.340 e. The van der Waals surface area contributed by atoms with E-state index in [4.69, 9.17) is 0 Å². The van der Waals surface area contributed by atoms with Crippen LogP contribution in [0.3, 0.4) is 0 Å². The predicted octanol–water partition coefficient (Wildman–Crippen LogP) is 3.36. The highest BCUT2D eigenvalue weighted by atomic mass is 31.2. The predicted molar refractivity (Wildman–Crippen MR) is 81.0 cm³/mol. The molecule has 0 spiro atoms. The minimum absolute atomic E-state index is 0.304. The van der Waals surface area contributed by atoms with Gasteiger partial charge in [0.15, 0.2) is 0 Å². The van der Waals surface area contributed by atoms with Crippen molar-refractivity contribution in [3.63, 3.8) is 0 Å². The second kappa shape index (κ2) is 4.74. The molecule has 0 aliphatic carbocycles. The molecular formula is C15H16NO3P. The molecule has 4 nitrogen and oxygen atoms in total. The fourth-order valence-corrected chi connectivity index (χ4v) is 2.95. The van der Waals surface area contributed by atoms with Crippen LogP contribution in [0.25, 0.3) is 21.8 Å².